The van der Waals surface area contributed by atoms with E-state index in [4.69, 9.17) is 4.74 Å². The number of hydrogen-bond acceptors (Lipinski definition) is 5. The maximum atomic E-state index is 12.3. The van der Waals surface area contributed by atoms with Crippen molar-refractivity contribution < 1.29 is 14.3 Å². The number of hydrogen-bond donors (Lipinski definition) is 2. The summed E-state index contributed by atoms with van der Waals surface area (Å²) < 4.78 is 5.17. The van der Waals surface area contributed by atoms with Crippen LogP contribution in [0.5, 0.6) is 0 Å². The summed E-state index contributed by atoms with van der Waals surface area (Å²) in [5.41, 5.74) is 1.33. The molecule has 2 N–H and O–H groups in total. The van der Waals surface area contributed by atoms with Gasteiger partial charge in [0.2, 0.25) is 5.91 Å². The molecule has 1 atom stereocenters. The summed E-state index contributed by atoms with van der Waals surface area (Å²) in [5.74, 6) is -0.285. The molecule has 1 fully saturated rings. The summed E-state index contributed by atoms with van der Waals surface area (Å²) in [4.78, 5) is 28.8. The molecule has 0 aromatic heterocycles. The van der Waals surface area contributed by atoms with E-state index in [1.165, 1.54) is 5.56 Å². The van der Waals surface area contributed by atoms with Gasteiger partial charge in [-0.3, -0.25) is 9.69 Å². The smallest absolute Gasteiger partial charge is 0.408 e. The van der Waals surface area contributed by atoms with Crippen molar-refractivity contribution in [3.63, 3.8) is 0 Å². The average molecular weight is 377 g/mol. The molecule has 0 aliphatic carbocycles. The van der Waals surface area contributed by atoms with Crippen LogP contribution < -0.4 is 10.6 Å². The second-order valence-corrected chi connectivity index (χ2v) is 8.13. The zero-order chi connectivity index (χ0) is 20.0. The minimum absolute atomic E-state index is 0.285. The molecule has 150 valence electrons. The minimum Gasteiger partial charge on any atom is -0.444 e. The molecule has 1 aromatic carbocycles. The Hall–Kier alpha value is -2.12. The molecule has 1 saturated heterocycles. The predicted octanol–water partition coefficient (Wildman–Crippen LogP) is 2.29. The average Bonchev–Trinajstić information content (AvgIpc) is 2.57. The lowest BCUT2D eigenvalue weighted by Crippen LogP contribution is -2.44. The molecule has 7 heteroatoms. The Morgan fingerprint density at radius 2 is 1.70 bits per heavy atom. The van der Waals surface area contributed by atoms with Crippen LogP contribution in [0.3, 0.4) is 0 Å². The van der Waals surface area contributed by atoms with Crippen LogP contribution in [0.15, 0.2) is 24.3 Å². The fraction of sp³-hybridized carbons (Fsp3) is 0.600. The Morgan fingerprint density at radius 3 is 2.26 bits per heavy atom. The molecule has 2 amide bonds. The van der Waals surface area contributed by atoms with Crippen molar-refractivity contribution in [2.24, 2.45) is 0 Å². The number of anilines is 1. The summed E-state index contributed by atoms with van der Waals surface area (Å²) >= 11 is 0. The van der Waals surface area contributed by atoms with Gasteiger partial charge in [-0.15, -0.1) is 0 Å². The summed E-state index contributed by atoms with van der Waals surface area (Å²) in [7, 11) is 2.15. The molecule has 1 heterocycles. The lowest BCUT2D eigenvalue weighted by Gasteiger charge is -2.32. The summed E-state index contributed by atoms with van der Waals surface area (Å²) in [6.45, 7) is 12.2. The number of amides is 2. The highest BCUT2D eigenvalue weighted by atomic mass is 16.6. The van der Waals surface area contributed by atoms with Crippen LogP contribution in [0.25, 0.3) is 0 Å². The van der Waals surface area contributed by atoms with Crippen molar-refractivity contribution in [1.82, 2.24) is 15.1 Å². The summed E-state index contributed by atoms with van der Waals surface area (Å²) in [5, 5.41) is 5.36. The second kappa shape index (κ2) is 9.19. The third-order valence-corrected chi connectivity index (χ3v) is 4.35. The number of nitrogens with one attached hydrogen (secondary N) is 2. The van der Waals surface area contributed by atoms with Crippen LogP contribution in [0.2, 0.25) is 0 Å². The van der Waals surface area contributed by atoms with Gasteiger partial charge in [0, 0.05) is 38.4 Å². The van der Waals surface area contributed by atoms with E-state index in [1.807, 2.05) is 24.3 Å². The van der Waals surface area contributed by atoms with E-state index in [0.29, 0.717) is 5.69 Å². The molecule has 1 aromatic rings. The van der Waals surface area contributed by atoms with Crippen molar-refractivity contribution in [3.05, 3.63) is 29.8 Å². The van der Waals surface area contributed by atoms with Gasteiger partial charge < -0.3 is 20.3 Å². The molecule has 2 rings (SSSR count). The summed E-state index contributed by atoms with van der Waals surface area (Å²) in [6.07, 6.45) is -0.604. The first-order valence-corrected chi connectivity index (χ1v) is 9.42. The molecule has 0 spiro atoms. The van der Waals surface area contributed by atoms with Crippen LogP contribution in [0.4, 0.5) is 10.5 Å². The van der Waals surface area contributed by atoms with Gasteiger partial charge >= 0.3 is 6.09 Å². The third-order valence-electron chi connectivity index (χ3n) is 4.35. The number of benzene rings is 1. The van der Waals surface area contributed by atoms with Gasteiger partial charge in [0.05, 0.1) is 0 Å². The molecule has 0 unspecified atom stereocenters. The van der Waals surface area contributed by atoms with E-state index >= 15 is 0 Å². The molecular formula is C20H32N4O3. The molecule has 0 radical (unpaired) electrons. The molecule has 27 heavy (non-hydrogen) atoms. The van der Waals surface area contributed by atoms with Gasteiger partial charge in [0.25, 0.3) is 0 Å². The number of alkyl carbamates (subject to hydrolysis) is 1. The fourth-order valence-electron chi connectivity index (χ4n) is 2.76. The first-order chi connectivity index (χ1) is 12.6. The number of carbonyl (C=O) groups excluding carboxylic acids is 2. The van der Waals surface area contributed by atoms with Gasteiger partial charge in [-0.25, -0.2) is 4.79 Å². The molecule has 1 aliphatic heterocycles. The van der Waals surface area contributed by atoms with E-state index in [2.05, 4.69) is 27.5 Å². The quantitative estimate of drug-likeness (QED) is 0.825. The standard InChI is InChI=1S/C20H32N4O3/c1-15(21-19(26)27-20(2,3)4)18(25)22-17-8-6-16(7-9-17)14-24-12-10-23(5)11-13-24/h6-9,15H,10-14H2,1-5H3,(H,21,26)(H,22,25)/t15-/m1/s1. The Kier molecular flexibility index (Phi) is 7.21. The van der Waals surface area contributed by atoms with Crippen molar-refractivity contribution >= 4 is 17.7 Å². The molecule has 7 nitrogen and oxygen atoms in total. The zero-order valence-corrected chi connectivity index (χ0v) is 17.0. The highest BCUT2D eigenvalue weighted by molar-refractivity contribution is 5.96. The van der Waals surface area contributed by atoms with Crippen LogP contribution >= 0.6 is 0 Å². The fourth-order valence-corrected chi connectivity index (χ4v) is 2.76. The highest BCUT2D eigenvalue weighted by Crippen LogP contribution is 2.13. The van der Waals surface area contributed by atoms with Gasteiger partial charge in [0.15, 0.2) is 0 Å². The number of nitrogens with zero attached hydrogens (tertiary/aromatic N) is 2. The topological polar surface area (TPSA) is 73.9 Å². The van der Waals surface area contributed by atoms with Crippen molar-refractivity contribution in [1.29, 1.82) is 0 Å². The zero-order valence-electron chi connectivity index (χ0n) is 17.0. The van der Waals surface area contributed by atoms with Gasteiger partial charge in [-0.1, -0.05) is 12.1 Å². The van der Waals surface area contributed by atoms with E-state index < -0.39 is 17.7 Å². The maximum Gasteiger partial charge on any atom is 0.408 e. The number of piperazine rings is 1. The minimum atomic E-state index is -0.690. The van der Waals surface area contributed by atoms with Crippen molar-refractivity contribution in [2.45, 2.75) is 45.9 Å². The van der Waals surface area contributed by atoms with E-state index in [9.17, 15) is 9.59 Å². The van der Waals surface area contributed by atoms with Crippen molar-refractivity contribution in [3.8, 4) is 0 Å². The first kappa shape index (κ1) is 21.2. The Labute approximate surface area is 162 Å². The lowest BCUT2D eigenvalue weighted by atomic mass is 10.1. The number of likely N-dealkylation sites (N-methyl/N-ethyl adjacent to an activating group) is 1. The van der Waals surface area contributed by atoms with E-state index in [-0.39, 0.29) is 5.91 Å². The SMILES string of the molecule is C[C@@H](NC(=O)OC(C)(C)C)C(=O)Nc1ccc(CN2CCN(C)CC2)cc1. The largest absolute Gasteiger partial charge is 0.444 e. The number of carbonyl (C=O) groups is 2. The van der Waals surface area contributed by atoms with E-state index in [1.54, 1.807) is 27.7 Å². The monoisotopic (exact) mass is 376 g/mol. The van der Waals surface area contributed by atoms with Crippen LogP contribution in [0.1, 0.15) is 33.3 Å². The molecule has 1 aliphatic rings. The molecular weight excluding hydrogens is 344 g/mol. The van der Waals surface area contributed by atoms with Gasteiger partial charge in [0.1, 0.15) is 11.6 Å². The third kappa shape index (κ3) is 7.56. The van der Waals surface area contributed by atoms with Crippen LogP contribution in [-0.4, -0.2) is 66.7 Å². The van der Waals surface area contributed by atoms with E-state index in [0.717, 1.165) is 32.7 Å². The number of rotatable bonds is 5. The Balaban J connectivity index is 1.81. The van der Waals surface area contributed by atoms with Crippen molar-refractivity contribution in [2.75, 3.05) is 38.5 Å². The molecule has 0 bridgehead atoms. The van der Waals surface area contributed by atoms with Gasteiger partial charge in [-0.2, -0.15) is 0 Å². The van der Waals surface area contributed by atoms with Crippen LogP contribution in [0, 0.1) is 0 Å². The maximum absolute atomic E-state index is 12.3. The Bertz CT molecular complexity index is 632. The first-order valence-electron chi connectivity index (χ1n) is 9.42. The number of ether oxygens (including phenoxy) is 1. The Morgan fingerprint density at radius 1 is 1.11 bits per heavy atom. The summed E-state index contributed by atoms with van der Waals surface area (Å²) in [6, 6.07) is 7.15. The second-order valence-electron chi connectivity index (χ2n) is 8.13. The van der Waals surface area contributed by atoms with Crippen LogP contribution in [-0.2, 0) is 16.1 Å². The predicted molar refractivity (Wildman–Crippen MR) is 107 cm³/mol. The molecule has 0 saturated carbocycles. The van der Waals surface area contributed by atoms with Gasteiger partial charge in [-0.05, 0) is 52.4 Å². The normalized spacial score (nSPS) is 17.2. The highest BCUT2D eigenvalue weighted by Gasteiger charge is 2.21. The lowest BCUT2D eigenvalue weighted by molar-refractivity contribution is -0.117.